The number of guanidine groups is 1. The third-order valence-electron chi connectivity index (χ3n) is 5.11. The van der Waals surface area contributed by atoms with Gasteiger partial charge in [-0.3, -0.25) is 9.59 Å². The summed E-state index contributed by atoms with van der Waals surface area (Å²) in [6.45, 7) is 5.72. The number of amides is 2. The van der Waals surface area contributed by atoms with Crippen LogP contribution in [0, 0.1) is 16.0 Å². The molecule has 0 heterocycles. The molecule has 12 nitrogen and oxygen atoms in total. The van der Waals surface area contributed by atoms with E-state index in [1.165, 1.54) is 0 Å². The van der Waals surface area contributed by atoms with Gasteiger partial charge < -0.3 is 26.4 Å². The Balaban J connectivity index is 2.95. The van der Waals surface area contributed by atoms with Gasteiger partial charge in [0.25, 0.3) is 5.96 Å². The lowest BCUT2D eigenvalue weighted by Crippen LogP contribution is -2.54. The van der Waals surface area contributed by atoms with Crippen LogP contribution in [0.25, 0.3) is 0 Å². The molecular weight excluding hydrogens is 443 g/mol. The van der Waals surface area contributed by atoms with Crippen LogP contribution >= 0.6 is 0 Å². The molecule has 0 aliphatic rings. The lowest BCUT2D eigenvalue weighted by atomic mass is 9.75. The Labute approximate surface area is 199 Å². The van der Waals surface area contributed by atoms with E-state index in [9.17, 15) is 29.8 Å². The van der Waals surface area contributed by atoms with E-state index in [1.54, 1.807) is 5.43 Å². The van der Waals surface area contributed by atoms with E-state index in [-0.39, 0.29) is 37.2 Å². The Morgan fingerprint density at radius 2 is 1.82 bits per heavy atom. The van der Waals surface area contributed by atoms with Crippen molar-refractivity contribution in [2.75, 3.05) is 6.54 Å². The number of nitro groups is 1. The van der Waals surface area contributed by atoms with Gasteiger partial charge in [0.05, 0.1) is 11.9 Å². The zero-order chi connectivity index (χ0) is 25.7. The highest BCUT2D eigenvalue weighted by atomic mass is 16.7. The summed E-state index contributed by atoms with van der Waals surface area (Å²) in [5.74, 6) is -2.54. The molecule has 0 spiro atoms. The monoisotopic (exact) mass is 478 g/mol. The summed E-state index contributed by atoms with van der Waals surface area (Å²) in [4.78, 5) is 40.2. The molecule has 7 N–H and O–H groups in total. The SMILES string of the molecule is CC[C@@H](C(=O)N[C@@H](CCCN=C(N)N[N+](=O)[O-])C(=O)N[C@@H](CC(C)C)B(O)O)c1ccccc1. The Morgan fingerprint density at radius 3 is 2.35 bits per heavy atom. The number of rotatable bonds is 14. The lowest BCUT2D eigenvalue weighted by Gasteiger charge is -2.25. The largest absolute Gasteiger partial charge is 0.475 e. The van der Waals surface area contributed by atoms with Gasteiger partial charge >= 0.3 is 7.12 Å². The van der Waals surface area contributed by atoms with Crippen LogP contribution in [0.5, 0.6) is 0 Å². The van der Waals surface area contributed by atoms with E-state index in [1.807, 2.05) is 51.1 Å². The van der Waals surface area contributed by atoms with Crippen molar-refractivity contribution in [3.05, 3.63) is 46.0 Å². The Hall–Kier alpha value is -3.19. The summed E-state index contributed by atoms with van der Waals surface area (Å²) in [6, 6.07) is 8.21. The average molecular weight is 478 g/mol. The summed E-state index contributed by atoms with van der Waals surface area (Å²) in [7, 11) is -1.76. The zero-order valence-corrected chi connectivity index (χ0v) is 19.8. The van der Waals surface area contributed by atoms with Gasteiger partial charge in [0.1, 0.15) is 6.04 Å². The predicted molar refractivity (Wildman–Crippen MR) is 129 cm³/mol. The third kappa shape index (κ3) is 10.6. The van der Waals surface area contributed by atoms with Gasteiger partial charge in [-0.05, 0) is 37.2 Å². The summed E-state index contributed by atoms with van der Waals surface area (Å²) < 4.78 is 0. The molecule has 0 radical (unpaired) electrons. The second kappa shape index (κ2) is 14.9. The van der Waals surface area contributed by atoms with Crippen LogP contribution in [-0.4, -0.2) is 58.5 Å². The first-order chi connectivity index (χ1) is 16.0. The summed E-state index contributed by atoms with van der Waals surface area (Å²) in [5, 5.41) is 34.2. The molecule has 1 aromatic carbocycles. The van der Waals surface area contributed by atoms with Gasteiger partial charge in [0, 0.05) is 6.54 Å². The van der Waals surface area contributed by atoms with Gasteiger partial charge in [-0.1, -0.05) is 56.5 Å². The number of carbonyl (C=O) groups is 2. The molecule has 188 valence electrons. The van der Waals surface area contributed by atoms with Crippen molar-refractivity contribution in [3.63, 3.8) is 0 Å². The Kier molecular flexibility index (Phi) is 12.6. The zero-order valence-electron chi connectivity index (χ0n) is 19.8. The van der Waals surface area contributed by atoms with Crippen molar-refractivity contribution in [1.29, 1.82) is 0 Å². The fourth-order valence-electron chi connectivity index (χ4n) is 3.47. The normalized spacial score (nSPS) is 14.1. The highest BCUT2D eigenvalue weighted by molar-refractivity contribution is 6.43. The molecule has 0 fully saturated rings. The van der Waals surface area contributed by atoms with Crippen LogP contribution in [0.4, 0.5) is 0 Å². The average Bonchev–Trinajstić information content (AvgIpc) is 2.75. The van der Waals surface area contributed by atoms with E-state index in [4.69, 9.17) is 5.73 Å². The van der Waals surface area contributed by atoms with Crippen LogP contribution in [0.2, 0.25) is 0 Å². The fraction of sp³-hybridized carbons (Fsp3) is 0.571. The third-order valence-corrected chi connectivity index (χ3v) is 5.11. The van der Waals surface area contributed by atoms with Crippen LogP contribution in [0.3, 0.4) is 0 Å². The first-order valence-electron chi connectivity index (χ1n) is 11.3. The van der Waals surface area contributed by atoms with E-state index < -0.39 is 36.0 Å². The number of hydrogen-bond acceptors (Lipinski definition) is 7. The number of nitrogens with one attached hydrogen (secondary N) is 3. The Morgan fingerprint density at radius 1 is 1.18 bits per heavy atom. The molecule has 0 bridgehead atoms. The second-order valence-corrected chi connectivity index (χ2v) is 8.37. The highest BCUT2D eigenvalue weighted by Gasteiger charge is 2.31. The smallest absolute Gasteiger partial charge is 0.426 e. The van der Waals surface area contributed by atoms with Gasteiger partial charge in [-0.25, -0.2) is 15.1 Å². The van der Waals surface area contributed by atoms with E-state index in [2.05, 4.69) is 15.6 Å². The number of hydrazine groups is 1. The standard InChI is InChI=1S/C21H35BN6O6/c1-4-16(15-9-6-5-7-10-15)19(29)25-17(11-8-12-24-21(23)27-28(33)34)20(30)26-18(22(31)32)13-14(2)3/h5-7,9-10,14,16-18,31-32H,4,8,11-13H2,1-3H3,(H,25,29)(H,26,30)(H3,23,24,27)/t16-,17+,18+/m1/s1. The molecule has 34 heavy (non-hydrogen) atoms. The molecule has 0 aliphatic heterocycles. The molecule has 1 aromatic rings. The Bertz CT molecular complexity index is 823. The highest BCUT2D eigenvalue weighted by Crippen LogP contribution is 2.20. The maximum absolute atomic E-state index is 13.0. The number of benzene rings is 1. The molecule has 0 saturated heterocycles. The summed E-state index contributed by atoms with van der Waals surface area (Å²) in [6.07, 6.45) is 1.30. The minimum absolute atomic E-state index is 0.0836. The summed E-state index contributed by atoms with van der Waals surface area (Å²) in [5.41, 5.74) is 7.93. The van der Waals surface area contributed by atoms with Crippen LogP contribution < -0.4 is 21.8 Å². The topological polar surface area (TPSA) is 192 Å². The van der Waals surface area contributed by atoms with Crippen molar-refractivity contribution in [2.45, 2.75) is 64.4 Å². The van der Waals surface area contributed by atoms with E-state index in [0.717, 1.165) is 5.56 Å². The lowest BCUT2D eigenvalue weighted by molar-refractivity contribution is -0.525. The van der Waals surface area contributed by atoms with Crippen LogP contribution in [0.15, 0.2) is 35.3 Å². The van der Waals surface area contributed by atoms with Crippen molar-refractivity contribution >= 4 is 24.9 Å². The van der Waals surface area contributed by atoms with Crippen molar-refractivity contribution in [2.24, 2.45) is 16.6 Å². The van der Waals surface area contributed by atoms with Crippen molar-refractivity contribution in [3.8, 4) is 0 Å². The maximum Gasteiger partial charge on any atom is 0.475 e. The molecule has 13 heteroatoms. The molecule has 0 unspecified atom stereocenters. The van der Waals surface area contributed by atoms with Crippen LogP contribution in [0.1, 0.15) is 57.9 Å². The number of hydrogen-bond donors (Lipinski definition) is 6. The fourth-order valence-corrected chi connectivity index (χ4v) is 3.47. The molecule has 0 aromatic heterocycles. The molecule has 1 rings (SSSR count). The van der Waals surface area contributed by atoms with Crippen LogP contribution in [-0.2, 0) is 9.59 Å². The molecular formula is C21H35BN6O6. The minimum atomic E-state index is -1.76. The first-order valence-corrected chi connectivity index (χ1v) is 11.3. The number of aliphatic imine (C=N–C) groups is 1. The maximum atomic E-state index is 13.0. The van der Waals surface area contributed by atoms with E-state index >= 15 is 0 Å². The van der Waals surface area contributed by atoms with E-state index in [0.29, 0.717) is 12.8 Å². The van der Waals surface area contributed by atoms with Gasteiger partial charge in [-0.15, -0.1) is 0 Å². The second-order valence-electron chi connectivity index (χ2n) is 8.37. The molecule has 3 atom stereocenters. The number of nitrogens with two attached hydrogens (primary N) is 1. The van der Waals surface area contributed by atoms with Gasteiger partial charge in [-0.2, -0.15) is 0 Å². The number of nitrogens with zero attached hydrogens (tertiary/aromatic N) is 2. The minimum Gasteiger partial charge on any atom is -0.426 e. The molecule has 0 aliphatic carbocycles. The van der Waals surface area contributed by atoms with Crippen molar-refractivity contribution in [1.82, 2.24) is 16.1 Å². The number of carbonyl (C=O) groups excluding carboxylic acids is 2. The van der Waals surface area contributed by atoms with Crippen molar-refractivity contribution < 1.29 is 24.7 Å². The molecule has 2 amide bonds. The first kappa shape index (κ1) is 28.8. The van der Waals surface area contributed by atoms with Gasteiger partial charge in [0.2, 0.25) is 11.8 Å². The summed E-state index contributed by atoms with van der Waals surface area (Å²) >= 11 is 0. The molecule has 0 saturated carbocycles. The quantitative estimate of drug-likeness (QED) is 0.0541. The van der Waals surface area contributed by atoms with Gasteiger partial charge in [0.15, 0.2) is 5.03 Å². The predicted octanol–water partition coefficient (Wildman–Crippen LogP) is 0.0841.